The number of halogens is 1. The Labute approximate surface area is 112 Å². The van der Waals surface area contributed by atoms with Crippen LogP contribution < -0.4 is 10.5 Å². The summed E-state index contributed by atoms with van der Waals surface area (Å²) in [5, 5.41) is 0. The molecule has 0 saturated carbocycles. The van der Waals surface area contributed by atoms with Crippen LogP contribution in [0.2, 0.25) is 0 Å². The largest absolute Gasteiger partial charge is 0.493 e. The standard InChI is InChI=1S/C14H18FN3O/c15-13-2-3-14(12(10-13)4-5-16)19-9-1-7-18-8-6-17-11-18/h2-3,6,8,10-11H,1,4-5,7,9,16H2. The highest BCUT2D eigenvalue weighted by molar-refractivity contribution is 5.34. The molecule has 1 aromatic carbocycles. The molecule has 0 unspecified atom stereocenters. The second kappa shape index (κ2) is 6.89. The predicted molar refractivity (Wildman–Crippen MR) is 71.5 cm³/mol. The zero-order valence-corrected chi connectivity index (χ0v) is 10.8. The first-order valence-corrected chi connectivity index (χ1v) is 6.36. The lowest BCUT2D eigenvalue weighted by atomic mass is 10.1. The van der Waals surface area contributed by atoms with Gasteiger partial charge in [-0.15, -0.1) is 0 Å². The number of benzene rings is 1. The molecule has 2 N–H and O–H groups in total. The van der Waals surface area contributed by atoms with Crippen molar-refractivity contribution < 1.29 is 9.13 Å². The normalized spacial score (nSPS) is 10.6. The molecule has 5 heteroatoms. The fraction of sp³-hybridized carbons (Fsp3) is 0.357. The van der Waals surface area contributed by atoms with E-state index in [-0.39, 0.29) is 5.82 Å². The molecule has 4 nitrogen and oxygen atoms in total. The van der Waals surface area contributed by atoms with Crippen molar-refractivity contribution in [2.75, 3.05) is 13.2 Å². The van der Waals surface area contributed by atoms with Gasteiger partial charge in [-0.25, -0.2) is 9.37 Å². The smallest absolute Gasteiger partial charge is 0.123 e. The molecule has 19 heavy (non-hydrogen) atoms. The van der Waals surface area contributed by atoms with E-state index in [1.807, 2.05) is 10.8 Å². The molecule has 0 fully saturated rings. The highest BCUT2D eigenvalue weighted by Gasteiger charge is 2.04. The van der Waals surface area contributed by atoms with Crippen molar-refractivity contribution in [2.24, 2.45) is 5.73 Å². The van der Waals surface area contributed by atoms with Gasteiger partial charge in [0.25, 0.3) is 0 Å². The van der Waals surface area contributed by atoms with Crippen LogP contribution in [-0.4, -0.2) is 22.7 Å². The third-order valence-corrected chi connectivity index (χ3v) is 2.81. The topological polar surface area (TPSA) is 53.1 Å². The maximum Gasteiger partial charge on any atom is 0.123 e. The van der Waals surface area contributed by atoms with Gasteiger partial charge in [0.15, 0.2) is 0 Å². The zero-order chi connectivity index (χ0) is 13.5. The van der Waals surface area contributed by atoms with Crippen molar-refractivity contribution in [3.05, 3.63) is 48.3 Å². The summed E-state index contributed by atoms with van der Waals surface area (Å²) in [5.74, 6) is 0.465. The molecule has 0 spiro atoms. The second-order valence-electron chi connectivity index (χ2n) is 4.29. The van der Waals surface area contributed by atoms with E-state index in [2.05, 4.69) is 4.98 Å². The van der Waals surface area contributed by atoms with Crippen LogP contribution >= 0.6 is 0 Å². The van der Waals surface area contributed by atoms with Gasteiger partial charge >= 0.3 is 0 Å². The molecule has 0 amide bonds. The summed E-state index contributed by atoms with van der Waals surface area (Å²) in [6, 6.07) is 4.56. The van der Waals surface area contributed by atoms with Gasteiger partial charge in [0, 0.05) is 18.9 Å². The first-order valence-electron chi connectivity index (χ1n) is 6.36. The first-order chi connectivity index (χ1) is 9.29. The highest BCUT2D eigenvalue weighted by atomic mass is 19.1. The molecule has 102 valence electrons. The van der Waals surface area contributed by atoms with Gasteiger partial charge < -0.3 is 15.0 Å². The lowest BCUT2D eigenvalue weighted by molar-refractivity contribution is 0.298. The van der Waals surface area contributed by atoms with E-state index in [1.54, 1.807) is 18.6 Å². The number of aryl methyl sites for hydroxylation is 1. The van der Waals surface area contributed by atoms with Gasteiger partial charge in [0.05, 0.1) is 12.9 Å². The number of ether oxygens (including phenoxy) is 1. The number of hydrogen-bond acceptors (Lipinski definition) is 3. The van der Waals surface area contributed by atoms with E-state index in [0.717, 1.165) is 24.3 Å². The Morgan fingerprint density at radius 1 is 1.37 bits per heavy atom. The molecule has 0 aliphatic rings. The van der Waals surface area contributed by atoms with Gasteiger partial charge in [-0.3, -0.25) is 0 Å². The summed E-state index contributed by atoms with van der Waals surface area (Å²) in [6.45, 7) is 1.92. The molecular weight excluding hydrogens is 245 g/mol. The number of hydrogen-bond donors (Lipinski definition) is 1. The van der Waals surface area contributed by atoms with E-state index in [9.17, 15) is 4.39 Å². The molecule has 2 aromatic rings. The van der Waals surface area contributed by atoms with Crippen LogP contribution in [0.4, 0.5) is 4.39 Å². The molecule has 0 bridgehead atoms. The number of rotatable bonds is 7. The van der Waals surface area contributed by atoms with Gasteiger partial charge in [-0.05, 0) is 43.1 Å². The summed E-state index contributed by atoms with van der Waals surface area (Å²) >= 11 is 0. The Kier molecular flexibility index (Phi) is 4.92. The van der Waals surface area contributed by atoms with Crippen LogP contribution in [0.15, 0.2) is 36.9 Å². The Hall–Kier alpha value is -1.88. The number of imidazole rings is 1. The van der Waals surface area contributed by atoms with Gasteiger partial charge in [-0.1, -0.05) is 0 Å². The highest BCUT2D eigenvalue weighted by Crippen LogP contribution is 2.20. The van der Waals surface area contributed by atoms with Crippen molar-refractivity contribution in [2.45, 2.75) is 19.4 Å². The lowest BCUT2D eigenvalue weighted by Crippen LogP contribution is -2.08. The molecule has 1 aromatic heterocycles. The second-order valence-corrected chi connectivity index (χ2v) is 4.29. The average Bonchev–Trinajstić information content (AvgIpc) is 2.90. The minimum Gasteiger partial charge on any atom is -0.493 e. The molecule has 2 rings (SSSR count). The molecule has 0 aliphatic carbocycles. The van der Waals surface area contributed by atoms with Gasteiger partial charge in [0.2, 0.25) is 0 Å². The van der Waals surface area contributed by atoms with E-state index in [0.29, 0.717) is 19.6 Å². The predicted octanol–water partition coefficient (Wildman–Crippen LogP) is 1.99. The maximum absolute atomic E-state index is 13.1. The van der Waals surface area contributed by atoms with E-state index < -0.39 is 0 Å². The summed E-state index contributed by atoms with van der Waals surface area (Å²) in [4.78, 5) is 3.97. The van der Waals surface area contributed by atoms with Crippen LogP contribution in [0, 0.1) is 5.82 Å². The number of nitrogens with two attached hydrogens (primary N) is 1. The molecule has 0 saturated heterocycles. The quantitative estimate of drug-likeness (QED) is 0.777. The molecule has 0 radical (unpaired) electrons. The zero-order valence-electron chi connectivity index (χ0n) is 10.8. The van der Waals surface area contributed by atoms with Gasteiger partial charge in [-0.2, -0.15) is 0 Å². The monoisotopic (exact) mass is 263 g/mol. The number of aromatic nitrogens is 2. The Balaban J connectivity index is 1.84. The van der Waals surface area contributed by atoms with E-state index in [4.69, 9.17) is 10.5 Å². The lowest BCUT2D eigenvalue weighted by Gasteiger charge is -2.11. The van der Waals surface area contributed by atoms with Crippen LogP contribution in [0.1, 0.15) is 12.0 Å². The minimum atomic E-state index is -0.255. The van der Waals surface area contributed by atoms with Crippen LogP contribution in [-0.2, 0) is 13.0 Å². The molecule has 1 heterocycles. The Bertz CT molecular complexity index is 499. The van der Waals surface area contributed by atoms with E-state index in [1.165, 1.54) is 12.1 Å². The van der Waals surface area contributed by atoms with Crippen LogP contribution in [0.3, 0.4) is 0 Å². The number of nitrogens with zero attached hydrogens (tertiary/aromatic N) is 2. The summed E-state index contributed by atoms with van der Waals surface area (Å²) in [6.07, 6.45) is 6.93. The van der Waals surface area contributed by atoms with Crippen LogP contribution in [0.5, 0.6) is 5.75 Å². The van der Waals surface area contributed by atoms with Crippen molar-refractivity contribution >= 4 is 0 Å². The Morgan fingerprint density at radius 3 is 3.00 bits per heavy atom. The van der Waals surface area contributed by atoms with Crippen LogP contribution in [0.25, 0.3) is 0 Å². The van der Waals surface area contributed by atoms with Crippen molar-refractivity contribution in [3.63, 3.8) is 0 Å². The summed E-state index contributed by atoms with van der Waals surface area (Å²) < 4.78 is 20.8. The van der Waals surface area contributed by atoms with Crippen molar-refractivity contribution in [1.82, 2.24) is 9.55 Å². The minimum absolute atomic E-state index is 0.255. The fourth-order valence-corrected chi connectivity index (χ4v) is 1.89. The van der Waals surface area contributed by atoms with Gasteiger partial charge in [0.1, 0.15) is 11.6 Å². The van der Waals surface area contributed by atoms with E-state index >= 15 is 0 Å². The average molecular weight is 263 g/mol. The third-order valence-electron chi connectivity index (χ3n) is 2.81. The maximum atomic E-state index is 13.1. The molecular formula is C14H18FN3O. The van der Waals surface area contributed by atoms with Crippen molar-refractivity contribution in [3.8, 4) is 5.75 Å². The third kappa shape index (κ3) is 4.06. The Morgan fingerprint density at radius 2 is 2.26 bits per heavy atom. The molecule has 0 atom stereocenters. The SMILES string of the molecule is NCCc1cc(F)ccc1OCCCn1ccnc1. The van der Waals surface area contributed by atoms with Crippen molar-refractivity contribution in [1.29, 1.82) is 0 Å². The fourth-order valence-electron chi connectivity index (χ4n) is 1.89. The summed E-state index contributed by atoms with van der Waals surface area (Å²) in [7, 11) is 0. The molecule has 0 aliphatic heterocycles. The first kappa shape index (κ1) is 13.5. The summed E-state index contributed by atoms with van der Waals surface area (Å²) in [5.41, 5.74) is 6.33.